The predicted octanol–water partition coefficient (Wildman–Crippen LogP) is 4.18. The molecule has 0 bridgehead atoms. The Morgan fingerprint density at radius 1 is 0.969 bits per heavy atom. The third-order valence-corrected chi connectivity index (χ3v) is 6.80. The summed E-state index contributed by atoms with van der Waals surface area (Å²) >= 11 is 0. The maximum absolute atomic E-state index is 13.3. The van der Waals surface area contributed by atoms with E-state index in [0.717, 1.165) is 15.4 Å². The number of nitrogens with zero attached hydrogens (tertiary/aromatic N) is 2. The van der Waals surface area contributed by atoms with Crippen LogP contribution in [0, 0.1) is 19.7 Å². The van der Waals surface area contributed by atoms with Crippen molar-refractivity contribution >= 4 is 27.3 Å². The number of hydrogen-bond acceptors (Lipinski definition) is 4. The number of anilines is 1. The normalized spacial score (nSPS) is 11.8. The first-order valence-electron chi connectivity index (χ1n) is 9.92. The van der Waals surface area contributed by atoms with Crippen molar-refractivity contribution < 1.29 is 17.6 Å². The van der Waals surface area contributed by atoms with Gasteiger partial charge in [0.05, 0.1) is 16.3 Å². The number of benzene rings is 3. The minimum absolute atomic E-state index is 0.0806. The van der Waals surface area contributed by atoms with E-state index in [1.165, 1.54) is 24.3 Å². The van der Waals surface area contributed by atoms with Crippen LogP contribution in [0.4, 0.5) is 10.1 Å². The summed E-state index contributed by atoms with van der Waals surface area (Å²) in [5.74, 6) is -0.982. The largest absolute Gasteiger partial charge is 0.271 e. The van der Waals surface area contributed by atoms with Crippen molar-refractivity contribution in [1.82, 2.24) is 5.43 Å². The Bertz CT molecular complexity index is 1240. The van der Waals surface area contributed by atoms with Crippen LogP contribution in [0.5, 0.6) is 0 Å². The van der Waals surface area contributed by atoms with E-state index >= 15 is 0 Å². The van der Waals surface area contributed by atoms with E-state index in [-0.39, 0.29) is 10.7 Å². The van der Waals surface area contributed by atoms with Crippen LogP contribution in [0.2, 0.25) is 0 Å². The fraction of sp³-hybridized carbons (Fsp3) is 0.167. The number of aryl methyl sites for hydroxylation is 2. The van der Waals surface area contributed by atoms with Crippen LogP contribution < -0.4 is 9.73 Å². The molecular formula is C24H24FN3O3S. The smallest absolute Gasteiger partial charge is 0.264 e. The summed E-state index contributed by atoms with van der Waals surface area (Å²) in [6.07, 6.45) is 0. The highest BCUT2D eigenvalue weighted by molar-refractivity contribution is 7.92. The van der Waals surface area contributed by atoms with E-state index in [2.05, 4.69) is 10.5 Å². The zero-order chi connectivity index (χ0) is 23.3. The van der Waals surface area contributed by atoms with Gasteiger partial charge >= 0.3 is 0 Å². The highest BCUT2D eigenvalue weighted by atomic mass is 32.2. The molecule has 3 aromatic carbocycles. The van der Waals surface area contributed by atoms with E-state index in [1.807, 2.05) is 19.9 Å². The lowest BCUT2D eigenvalue weighted by atomic mass is 10.1. The van der Waals surface area contributed by atoms with Crippen LogP contribution >= 0.6 is 0 Å². The van der Waals surface area contributed by atoms with Gasteiger partial charge in [-0.1, -0.05) is 36.4 Å². The molecule has 0 aliphatic rings. The number of amides is 1. The Kier molecular flexibility index (Phi) is 7.05. The molecule has 1 N–H and O–H groups in total. The molecule has 0 saturated heterocycles. The molecule has 166 valence electrons. The van der Waals surface area contributed by atoms with E-state index < -0.39 is 22.5 Å². The van der Waals surface area contributed by atoms with Crippen molar-refractivity contribution in [3.8, 4) is 0 Å². The zero-order valence-corrected chi connectivity index (χ0v) is 18.9. The number of hydrogen-bond donors (Lipinski definition) is 1. The van der Waals surface area contributed by atoms with E-state index in [4.69, 9.17) is 0 Å². The van der Waals surface area contributed by atoms with Crippen LogP contribution in [0.3, 0.4) is 0 Å². The molecule has 0 fully saturated rings. The molecule has 0 unspecified atom stereocenters. The Balaban J connectivity index is 1.88. The molecule has 0 heterocycles. The molecule has 8 heteroatoms. The number of carbonyl (C=O) groups excluding carboxylic acids is 1. The van der Waals surface area contributed by atoms with E-state index in [9.17, 15) is 17.6 Å². The van der Waals surface area contributed by atoms with Crippen molar-refractivity contribution in [3.63, 3.8) is 0 Å². The SMILES string of the molecule is C/C(=N\NC(=O)CN(c1ccc(C)c(C)c1)S(=O)(=O)c1ccccc1)c1ccc(F)cc1. The van der Waals surface area contributed by atoms with Gasteiger partial charge in [-0.2, -0.15) is 5.10 Å². The number of halogens is 1. The second-order valence-corrected chi connectivity index (χ2v) is 9.19. The van der Waals surface area contributed by atoms with Crippen LogP contribution in [-0.2, 0) is 14.8 Å². The van der Waals surface area contributed by atoms with Gasteiger partial charge in [-0.25, -0.2) is 18.2 Å². The third-order valence-electron chi connectivity index (χ3n) is 5.01. The van der Waals surface area contributed by atoms with Crippen molar-refractivity contribution in [2.24, 2.45) is 5.10 Å². The third kappa shape index (κ3) is 5.39. The number of sulfonamides is 1. The second kappa shape index (κ2) is 9.74. The summed E-state index contributed by atoms with van der Waals surface area (Å²) in [5.41, 5.74) is 5.78. The first kappa shape index (κ1) is 23.1. The van der Waals surface area contributed by atoms with Gasteiger partial charge in [0.1, 0.15) is 12.4 Å². The summed E-state index contributed by atoms with van der Waals surface area (Å²) in [6, 6.07) is 18.8. The van der Waals surface area contributed by atoms with E-state index in [0.29, 0.717) is 17.0 Å². The van der Waals surface area contributed by atoms with Crippen LogP contribution in [0.1, 0.15) is 23.6 Å². The summed E-state index contributed by atoms with van der Waals surface area (Å²) in [5, 5.41) is 4.03. The van der Waals surface area contributed by atoms with Gasteiger partial charge in [0.2, 0.25) is 0 Å². The lowest BCUT2D eigenvalue weighted by molar-refractivity contribution is -0.119. The molecule has 1 amide bonds. The molecule has 0 spiro atoms. The molecule has 0 atom stereocenters. The topological polar surface area (TPSA) is 78.8 Å². The first-order chi connectivity index (χ1) is 15.2. The quantitative estimate of drug-likeness (QED) is 0.431. The molecule has 0 aromatic heterocycles. The Morgan fingerprint density at radius 3 is 2.25 bits per heavy atom. The number of carbonyl (C=O) groups is 1. The molecule has 6 nitrogen and oxygen atoms in total. The van der Waals surface area contributed by atoms with Crippen LogP contribution in [-0.4, -0.2) is 26.6 Å². The van der Waals surface area contributed by atoms with Crippen molar-refractivity contribution in [1.29, 1.82) is 0 Å². The number of hydrazone groups is 1. The van der Waals surface area contributed by atoms with Crippen molar-refractivity contribution in [2.45, 2.75) is 25.7 Å². The Hall–Kier alpha value is -3.52. The van der Waals surface area contributed by atoms with Crippen molar-refractivity contribution in [2.75, 3.05) is 10.8 Å². The first-order valence-corrected chi connectivity index (χ1v) is 11.4. The molecular weight excluding hydrogens is 429 g/mol. The fourth-order valence-corrected chi connectivity index (χ4v) is 4.42. The summed E-state index contributed by atoms with van der Waals surface area (Å²) < 4.78 is 40.8. The summed E-state index contributed by atoms with van der Waals surface area (Å²) in [4.78, 5) is 12.7. The fourth-order valence-electron chi connectivity index (χ4n) is 2.98. The monoisotopic (exact) mass is 453 g/mol. The summed E-state index contributed by atoms with van der Waals surface area (Å²) in [7, 11) is -3.99. The highest BCUT2D eigenvalue weighted by Gasteiger charge is 2.27. The molecule has 3 aromatic rings. The maximum atomic E-state index is 13.3. The Labute approximate surface area is 187 Å². The molecule has 0 aliphatic carbocycles. The molecule has 0 saturated carbocycles. The number of rotatable bonds is 7. The van der Waals surface area contributed by atoms with Gasteiger partial charge in [0.15, 0.2) is 0 Å². The lowest BCUT2D eigenvalue weighted by Gasteiger charge is -2.24. The van der Waals surface area contributed by atoms with Gasteiger partial charge in [-0.05, 0) is 73.9 Å². The molecule has 0 aliphatic heterocycles. The van der Waals surface area contributed by atoms with Crippen LogP contribution in [0.25, 0.3) is 0 Å². The van der Waals surface area contributed by atoms with E-state index in [1.54, 1.807) is 49.4 Å². The number of nitrogens with one attached hydrogen (secondary N) is 1. The Morgan fingerprint density at radius 2 is 1.62 bits per heavy atom. The predicted molar refractivity (Wildman–Crippen MR) is 124 cm³/mol. The molecule has 3 rings (SSSR count). The lowest BCUT2D eigenvalue weighted by Crippen LogP contribution is -2.39. The van der Waals surface area contributed by atoms with Gasteiger partial charge in [0, 0.05) is 0 Å². The van der Waals surface area contributed by atoms with Gasteiger partial charge in [-0.3, -0.25) is 9.10 Å². The molecule has 0 radical (unpaired) electrons. The highest BCUT2D eigenvalue weighted by Crippen LogP contribution is 2.25. The molecule has 32 heavy (non-hydrogen) atoms. The van der Waals surface area contributed by atoms with Gasteiger partial charge in [-0.15, -0.1) is 0 Å². The van der Waals surface area contributed by atoms with Crippen molar-refractivity contribution in [3.05, 3.63) is 95.3 Å². The van der Waals surface area contributed by atoms with Gasteiger partial charge in [0.25, 0.3) is 15.9 Å². The zero-order valence-electron chi connectivity index (χ0n) is 18.0. The van der Waals surface area contributed by atoms with Gasteiger partial charge < -0.3 is 0 Å². The standard InChI is InChI=1S/C24H24FN3O3S/c1-17-9-14-22(15-18(17)2)28(32(30,31)23-7-5-4-6-8-23)16-24(29)27-26-19(3)20-10-12-21(25)13-11-20/h4-15H,16H2,1-3H3,(H,27,29)/b26-19+. The second-order valence-electron chi connectivity index (χ2n) is 7.33. The average molecular weight is 454 g/mol. The maximum Gasteiger partial charge on any atom is 0.264 e. The summed E-state index contributed by atoms with van der Waals surface area (Å²) in [6.45, 7) is 5.01. The average Bonchev–Trinajstić information content (AvgIpc) is 2.78. The minimum Gasteiger partial charge on any atom is -0.271 e. The minimum atomic E-state index is -3.99. The van der Waals surface area contributed by atoms with Crippen LogP contribution in [0.15, 0.2) is 82.8 Å².